The van der Waals surface area contributed by atoms with Crippen LogP contribution in [0.2, 0.25) is 0 Å². The van der Waals surface area contributed by atoms with Crippen molar-refractivity contribution in [3.63, 3.8) is 0 Å². The van der Waals surface area contributed by atoms with E-state index in [1.165, 1.54) is 5.56 Å². The van der Waals surface area contributed by atoms with Gasteiger partial charge < -0.3 is 38.4 Å². The molecule has 3 aromatic carbocycles. The first-order chi connectivity index (χ1) is 28.3. The van der Waals surface area contributed by atoms with Crippen molar-refractivity contribution in [3.8, 4) is 34.3 Å². The van der Waals surface area contributed by atoms with Crippen LogP contribution in [0.1, 0.15) is 67.2 Å². The minimum atomic E-state index is -0.199. The molecule has 12 nitrogen and oxygen atoms in total. The molecule has 0 unspecified atom stereocenters. The van der Waals surface area contributed by atoms with Crippen molar-refractivity contribution < 1.29 is 33.6 Å². The second-order valence-electron chi connectivity index (χ2n) is 15.7. The number of fused-ring (bicyclic) bond motifs is 3. The molecule has 0 spiro atoms. The van der Waals surface area contributed by atoms with Gasteiger partial charge in [-0.15, -0.1) is 0 Å². The molecule has 1 saturated heterocycles. The molecular formula is C46H49N5O7. The standard InChI is InChI=1S/C46H49N5O7/c1-29-24-47-39(30(2)44(29)55-3)27-51(33-11-13-35(52)14-12-33)46(54)38-21-41(49-15-7-6-10-40(38)49)36-22-42-43(58-28-57-42)23-37(36)45(53)50-25-32-9-5-4-8-31(32)20-34(50)26-48-16-18-56-19-17-48/h4-5,8-9,11-14,21-24,34,52H,6-7,10,15-20,25-28H2,1-3H3/t34-/m0/s1. The second-order valence-corrected chi connectivity index (χ2v) is 15.7. The molecule has 1 N–H and O–H groups in total. The maximum absolute atomic E-state index is 15.3. The third-order valence-corrected chi connectivity index (χ3v) is 12.2. The zero-order valence-corrected chi connectivity index (χ0v) is 33.3. The van der Waals surface area contributed by atoms with Crippen molar-refractivity contribution >= 4 is 17.5 Å². The Hall–Kier alpha value is -5.85. The van der Waals surface area contributed by atoms with Crippen molar-refractivity contribution in [2.24, 2.45) is 0 Å². The van der Waals surface area contributed by atoms with Crippen molar-refractivity contribution in [3.05, 3.63) is 118 Å². The summed E-state index contributed by atoms with van der Waals surface area (Å²) >= 11 is 0. The number of anilines is 1. The number of phenolic OH excluding ortho intramolecular Hbond substituents is 1. The van der Waals surface area contributed by atoms with E-state index in [2.05, 4.69) is 27.7 Å². The summed E-state index contributed by atoms with van der Waals surface area (Å²) in [6.07, 6.45) is 5.10. The molecule has 58 heavy (non-hydrogen) atoms. The highest BCUT2D eigenvalue weighted by Crippen LogP contribution is 2.43. The summed E-state index contributed by atoms with van der Waals surface area (Å²) in [5, 5.41) is 10.2. The van der Waals surface area contributed by atoms with Gasteiger partial charge in [-0.1, -0.05) is 24.3 Å². The third-order valence-electron chi connectivity index (χ3n) is 12.2. The number of aromatic nitrogens is 2. The van der Waals surface area contributed by atoms with Gasteiger partial charge in [0.05, 0.1) is 43.7 Å². The van der Waals surface area contributed by atoms with E-state index in [1.54, 1.807) is 42.5 Å². The van der Waals surface area contributed by atoms with Crippen LogP contribution in [-0.4, -0.2) is 89.1 Å². The highest BCUT2D eigenvalue weighted by Gasteiger charge is 2.36. The average Bonchev–Trinajstić information content (AvgIpc) is 3.88. The second kappa shape index (κ2) is 15.8. The monoisotopic (exact) mass is 783 g/mol. The predicted molar refractivity (Wildman–Crippen MR) is 219 cm³/mol. The first kappa shape index (κ1) is 37.7. The van der Waals surface area contributed by atoms with Crippen LogP contribution in [0.3, 0.4) is 0 Å². The number of aromatic hydroxyl groups is 1. The lowest BCUT2D eigenvalue weighted by molar-refractivity contribution is 0.0193. The summed E-state index contributed by atoms with van der Waals surface area (Å²) in [6.45, 7) is 9.12. The van der Waals surface area contributed by atoms with Crippen LogP contribution in [0.15, 0.2) is 72.9 Å². The molecule has 5 aromatic rings. The Kier molecular flexibility index (Phi) is 10.3. The number of benzene rings is 3. The molecule has 4 aliphatic rings. The SMILES string of the molecule is COc1c(C)cnc(CN(C(=O)c2cc(-c3cc4c(cc3C(=O)N3Cc5ccccc5C[C@H]3CN3CCOCC3)OCO4)n3c2CCCC3)c2ccc(O)cc2)c1C. The molecule has 0 radical (unpaired) electrons. The average molecular weight is 784 g/mol. The summed E-state index contributed by atoms with van der Waals surface area (Å²) in [5.74, 6) is 1.66. The largest absolute Gasteiger partial charge is 0.508 e. The summed E-state index contributed by atoms with van der Waals surface area (Å²) in [6, 6.07) is 20.7. The Balaban J connectivity index is 1.14. The topological polar surface area (TPSA) is 119 Å². The number of methoxy groups -OCH3 is 1. The molecule has 9 rings (SSSR count). The van der Waals surface area contributed by atoms with Crippen LogP contribution >= 0.6 is 0 Å². The maximum Gasteiger partial charge on any atom is 0.260 e. The number of rotatable bonds is 9. The van der Waals surface area contributed by atoms with Gasteiger partial charge in [-0.25, -0.2) is 0 Å². The maximum atomic E-state index is 15.3. The highest BCUT2D eigenvalue weighted by molar-refractivity contribution is 6.09. The number of nitrogens with zero attached hydrogens (tertiary/aromatic N) is 5. The first-order valence-corrected chi connectivity index (χ1v) is 20.2. The van der Waals surface area contributed by atoms with E-state index >= 15 is 9.59 Å². The lowest BCUT2D eigenvalue weighted by Gasteiger charge is -2.40. The molecule has 1 fully saturated rings. The number of carbonyl (C=O) groups excluding carboxylic acids is 2. The van der Waals surface area contributed by atoms with E-state index in [9.17, 15) is 5.11 Å². The van der Waals surface area contributed by atoms with Gasteiger partial charge in [-0.3, -0.25) is 19.5 Å². The van der Waals surface area contributed by atoms with Gasteiger partial charge in [0, 0.05) is 78.7 Å². The molecule has 0 bridgehead atoms. The number of aryl methyl sites for hydroxylation is 1. The molecule has 2 aromatic heterocycles. The molecule has 4 aliphatic heterocycles. The highest BCUT2D eigenvalue weighted by atomic mass is 16.7. The van der Waals surface area contributed by atoms with E-state index in [0.29, 0.717) is 72.3 Å². The van der Waals surface area contributed by atoms with E-state index < -0.39 is 0 Å². The van der Waals surface area contributed by atoms with Crippen LogP contribution in [0.5, 0.6) is 23.0 Å². The minimum Gasteiger partial charge on any atom is -0.508 e. The normalized spacial score (nSPS) is 17.4. The number of amides is 2. The van der Waals surface area contributed by atoms with E-state index in [1.807, 2.05) is 43.0 Å². The van der Waals surface area contributed by atoms with Crippen LogP contribution < -0.4 is 19.1 Å². The first-order valence-electron chi connectivity index (χ1n) is 20.2. The molecule has 1 atom stereocenters. The van der Waals surface area contributed by atoms with Crippen LogP contribution in [0, 0.1) is 13.8 Å². The predicted octanol–water partition coefficient (Wildman–Crippen LogP) is 6.69. The number of phenols is 1. The Morgan fingerprint density at radius 3 is 2.47 bits per heavy atom. The third kappa shape index (κ3) is 7.04. The molecular weight excluding hydrogens is 735 g/mol. The summed E-state index contributed by atoms with van der Waals surface area (Å²) in [4.78, 5) is 41.3. The van der Waals surface area contributed by atoms with Crippen LogP contribution in [0.4, 0.5) is 5.69 Å². The fraction of sp³-hybridized carbons (Fsp3) is 0.370. The van der Waals surface area contributed by atoms with Gasteiger partial charge in [0.15, 0.2) is 11.5 Å². The molecule has 0 saturated carbocycles. The number of morpholine rings is 1. The Morgan fingerprint density at radius 1 is 0.931 bits per heavy atom. The van der Waals surface area contributed by atoms with E-state index in [-0.39, 0.29) is 36.9 Å². The van der Waals surface area contributed by atoms with Gasteiger partial charge >= 0.3 is 0 Å². The van der Waals surface area contributed by atoms with E-state index in [4.69, 9.17) is 23.9 Å². The number of pyridine rings is 1. The molecule has 12 heteroatoms. The van der Waals surface area contributed by atoms with E-state index in [0.717, 1.165) is 72.7 Å². The Morgan fingerprint density at radius 2 is 1.69 bits per heavy atom. The summed E-state index contributed by atoms with van der Waals surface area (Å²) < 4.78 is 25.4. The van der Waals surface area contributed by atoms with Crippen molar-refractivity contribution in [1.82, 2.24) is 19.4 Å². The fourth-order valence-electron chi connectivity index (χ4n) is 9.08. The van der Waals surface area contributed by atoms with Gasteiger partial charge in [-0.2, -0.15) is 0 Å². The zero-order valence-electron chi connectivity index (χ0n) is 33.3. The lowest BCUT2D eigenvalue weighted by atomic mass is 9.92. The zero-order chi connectivity index (χ0) is 39.9. The number of carbonyl (C=O) groups is 2. The molecule has 0 aliphatic carbocycles. The molecule has 2 amide bonds. The molecule has 300 valence electrons. The van der Waals surface area contributed by atoms with Crippen molar-refractivity contribution in [2.75, 3.05) is 51.7 Å². The summed E-state index contributed by atoms with van der Waals surface area (Å²) in [5.41, 5.74) is 9.01. The minimum absolute atomic E-state index is 0.0477. The summed E-state index contributed by atoms with van der Waals surface area (Å²) in [7, 11) is 1.64. The molecule has 6 heterocycles. The smallest absolute Gasteiger partial charge is 0.260 e. The quantitative estimate of drug-likeness (QED) is 0.175. The van der Waals surface area contributed by atoms with Gasteiger partial charge in [0.25, 0.3) is 11.8 Å². The van der Waals surface area contributed by atoms with Crippen LogP contribution in [0.25, 0.3) is 11.3 Å². The van der Waals surface area contributed by atoms with Crippen molar-refractivity contribution in [1.29, 1.82) is 0 Å². The number of hydrogen-bond donors (Lipinski definition) is 1. The van der Waals surface area contributed by atoms with Gasteiger partial charge in [0.1, 0.15) is 11.5 Å². The number of ether oxygens (including phenoxy) is 4. The number of hydrogen-bond acceptors (Lipinski definition) is 9. The Labute approximate surface area is 338 Å². The fourth-order valence-corrected chi connectivity index (χ4v) is 9.08. The van der Waals surface area contributed by atoms with Crippen LogP contribution in [-0.2, 0) is 37.2 Å². The van der Waals surface area contributed by atoms with Gasteiger partial charge in [0.2, 0.25) is 6.79 Å². The van der Waals surface area contributed by atoms with Gasteiger partial charge in [-0.05, 0) is 93.1 Å². The van der Waals surface area contributed by atoms with Crippen molar-refractivity contribution in [2.45, 2.75) is 65.2 Å². The Bertz CT molecular complexity index is 2370. The lowest BCUT2D eigenvalue weighted by Crippen LogP contribution is -2.52.